The summed E-state index contributed by atoms with van der Waals surface area (Å²) in [5, 5.41) is 8.98. The van der Waals surface area contributed by atoms with Crippen LogP contribution < -0.4 is 0 Å². The number of aryl methyl sites for hydroxylation is 3. The van der Waals surface area contributed by atoms with E-state index < -0.39 is 0 Å². The minimum absolute atomic E-state index is 0.459. The molecule has 0 radical (unpaired) electrons. The van der Waals surface area contributed by atoms with E-state index in [-0.39, 0.29) is 0 Å². The first-order chi connectivity index (χ1) is 7.61. The molecule has 2 aromatic rings. The van der Waals surface area contributed by atoms with Crippen LogP contribution in [0.3, 0.4) is 0 Å². The SMILES string of the molecule is Cc1nc(C#N)c(-c2ccc(C)c(C)c2)[nH]1. The molecule has 1 heterocycles. The number of nitriles is 1. The minimum Gasteiger partial charge on any atom is -0.341 e. The summed E-state index contributed by atoms with van der Waals surface area (Å²) in [4.78, 5) is 7.27. The van der Waals surface area contributed by atoms with Gasteiger partial charge in [0.05, 0.1) is 5.69 Å². The maximum Gasteiger partial charge on any atom is 0.166 e. The number of hydrogen-bond donors (Lipinski definition) is 1. The van der Waals surface area contributed by atoms with Crippen molar-refractivity contribution in [3.05, 3.63) is 40.8 Å². The topological polar surface area (TPSA) is 52.5 Å². The molecule has 16 heavy (non-hydrogen) atoms. The Labute approximate surface area is 94.8 Å². The molecule has 3 heteroatoms. The van der Waals surface area contributed by atoms with Crippen molar-refractivity contribution in [3.63, 3.8) is 0 Å². The first-order valence-corrected chi connectivity index (χ1v) is 5.16. The zero-order valence-corrected chi connectivity index (χ0v) is 9.63. The molecule has 0 atom stereocenters. The molecule has 0 bridgehead atoms. The van der Waals surface area contributed by atoms with Crippen molar-refractivity contribution in [3.8, 4) is 17.3 Å². The van der Waals surface area contributed by atoms with E-state index >= 15 is 0 Å². The number of aromatic amines is 1. The van der Waals surface area contributed by atoms with Crippen LogP contribution in [0.2, 0.25) is 0 Å². The van der Waals surface area contributed by atoms with Crippen LogP contribution >= 0.6 is 0 Å². The summed E-state index contributed by atoms with van der Waals surface area (Å²) >= 11 is 0. The zero-order valence-electron chi connectivity index (χ0n) is 9.63. The van der Waals surface area contributed by atoms with E-state index in [1.54, 1.807) is 0 Å². The van der Waals surface area contributed by atoms with Gasteiger partial charge in [-0.1, -0.05) is 12.1 Å². The quantitative estimate of drug-likeness (QED) is 0.788. The van der Waals surface area contributed by atoms with Crippen molar-refractivity contribution >= 4 is 0 Å². The highest BCUT2D eigenvalue weighted by Crippen LogP contribution is 2.23. The molecule has 80 valence electrons. The molecular weight excluding hydrogens is 198 g/mol. The number of imidazole rings is 1. The van der Waals surface area contributed by atoms with Crippen molar-refractivity contribution < 1.29 is 0 Å². The Morgan fingerprint density at radius 3 is 2.56 bits per heavy atom. The first-order valence-electron chi connectivity index (χ1n) is 5.16. The minimum atomic E-state index is 0.459. The summed E-state index contributed by atoms with van der Waals surface area (Å²) in [6.45, 7) is 5.99. The molecule has 2 rings (SSSR count). The lowest BCUT2D eigenvalue weighted by Gasteiger charge is -2.03. The van der Waals surface area contributed by atoms with Gasteiger partial charge >= 0.3 is 0 Å². The second kappa shape index (κ2) is 3.82. The number of benzene rings is 1. The predicted molar refractivity (Wildman–Crippen MR) is 62.9 cm³/mol. The number of aromatic nitrogens is 2. The third-order valence-electron chi connectivity index (χ3n) is 2.72. The number of nitrogens with zero attached hydrogens (tertiary/aromatic N) is 2. The second-order valence-electron chi connectivity index (χ2n) is 3.96. The number of hydrogen-bond acceptors (Lipinski definition) is 2. The molecule has 0 aliphatic heterocycles. The van der Waals surface area contributed by atoms with Crippen LogP contribution in [-0.4, -0.2) is 9.97 Å². The lowest BCUT2D eigenvalue weighted by atomic mass is 10.0. The fraction of sp³-hybridized carbons (Fsp3) is 0.231. The monoisotopic (exact) mass is 211 g/mol. The fourth-order valence-electron chi connectivity index (χ4n) is 1.68. The largest absolute Gasteiger partial charge is 0.341 e. The van der Waals surface area contributed by atoms with E-state index in [9.17, 15) is 0 Å². The Hall–Kier alpha value is -2.08. The van der Waals surface area contributed by atoms with Gasteiger partial charge in [-0.05, 0) is 38.0 Å². The van der Waals surface area contributed by atoms with Crippen LogP contribution in [0.15, 0.2) is 18.2 Å². The molecular formula is C13H13N3. The lowest BCUT2D eigenvalue weighted by Crippen LogP contribution is -1.86. The fourth-order valence-corrected chi connectivity index (χ4v) is 1.68. The van der Waals surface area contributed by atoms with Crippen molar-refractivity contribution in [2.24, 2.45) is 0 Å². The van der Waals surface area contributed by atoms with Crippen molar-refractivity contribution in [1.29, 1.82) is 5.26 Å². The lowest BCUT2D eigenvalue weighted by molar-refractivity contribution is 1.14. The first kappa shape index (κ1) is 10.4. The van der Waals surface area contributed by atoms with Gasteiger partial charge in [-0.25, -0.2) is 4.98 Å². The van der Waals surface area contributed by atoms with Crippen LogP contribution in [-0.2, 0) is 0 Å². The summed E-state index contributed by atoms with van der Waals surface area (Å²) in [6, 6.07) is 8.25. The second-order valence-corrected chi connectivity index (χ2v) is 3.96. The van der Waals surface area contributed by atoms with Crippen LogP contribution in [0.1, 0.15) is 22.6 Å². The smallest absolute Gasteiger partial charge is 0.166 e. The Balaban J connectivity index is 2.59. The Kier molecular flexibility index (Phi) is 2.49. The Morgan fingerprint density at radius 2 is 1.94 bits per heavy atom. The van der Waals surface area contributed by atoms with Crippen LogP contribution in [0.4, 0.5) is 0 Å². The van der Waals surface area contributed by atoms with E-state index in [4.69, 9.17) is 5.26 Å². The molecule has 1 aromatic heterocycles. The van der Waals surface area contributed by atoms with E-state index in [0.29, 0.717) is 5.69 Å². The van der Waals surface area contributed by atoms with Crippen LogP contribution in [0.25, 0.3) is 11.3 Å². The van der Waals surface area contributed by atoms with E-state index in [2.05, 4.69) is 42.0 Å². The molecule has 0 spiro atoms. The maximum absolute atomic E-state index is 8.98. The third kappa shape index (κ3) is 1.70. The van der Waals surface area contributed by atoms with Gasteiger partial charge in [0, 0.05) is 5.56 Å². The molecule has 1 aromatic carbocycles. The standard InChI is InChI=1S/C13H13N3/c1-8-4-5-11(6-9(8)2)13-12(7-14)15-10(3)16-13/h4-6H,1-3H3,(H,15,16). The molecule has 0 saturated carbocycles. The average molecular weight is 211 g/mol. The average Bonchev–Trinajstić information content (AvgIpc) is 2.63. The summed E-state index contributed by atoms with van der Waals surface area (Å²) in [7, 11) is 0. The third-order valence-corrected chi connectivity index (χ3v) is 2.72. The van der Waals surface area contributed by atoms with Gasteiger partial charge in [0.2, 0.25) is 0 Å². The molecule has 0 saturated heterocycles. The molecule has 0 aliphatic carbocycles. The molecule has 0 unspecified atom stereocenters. The zero-order chi connectivity index (χ0) is 11.7. The number of rotatable bonds is 1. The highest BCUT2D eigenvalue weighted by atomic mass is 14.9. The summed E-state index contributed by atoms with van der Waals surface area (Å²) < 4.78 is 0. The predicted octanol–water partition coefficient (Wildman–Crippen LogP) is 2.87. The Bertz CT molecular complexity index is 573. The summed E-state index contributed by atoms with van der Waals surface area (Å²) in [6.07, 6.45) is 0. The van der Waals surface area contributed by atoms with Crippen LogP contribution in [0, 0.1) is 32.1 Å². The summed E-state index contributed by atoms with van der Waals surface area (Å²) in [5.74, 6) is 0.768. The van der Waals surface area contributed by atoms with Gasteiger partial charge < -0.3 is 4.98 Å². The number of nitrogens with one attached hydrogen (secondary N) is 1. The highest BCUT2D eigenvalue weighted by molar-refractivity contribution is 5.66. The molecule has 0 aliphatic rings. The molecule has 0 amide bonds. The van der Waals surface area contributed by atoms with Gasteiger partial charge in [0.25, 0.3) is 0 Å². The van der Waals surface area contributed by atoms with E-state index in [0.717, 1.165) is 17.1 Å². The van der Waals surface area contributed by atoms with Crippen LogP contribution in [0.5, 0.6) is 0 Å². The van der Waals surface area contributed by atoms with E-state index in [1.165, 1.54) is 11.1 Å². The molecule has 1 N–H and O–H groups in total. The van der Waals surface area contributed by atoms with Gasteiger partial charge in [-0.15, -0.1) is 0 Å². The van der Waals surface area contributed by atoms with Gasteiger partial charge in [-0.3, -0.25) is 0 Å². The van der Waals surface area contributed by atoms with Gasteiger partial charge in [0.1, 0.15) is 11.9 Å². The van der Waals surface area contributed by atoms with Crippen molar-refractivity contribution in [1.82, 2.24) is 9.97 Å². The Morgan fingerprint density at radius 1 is 1.19 bits per heavy atom. The van der Waals surface area contributed by atoms with E-state index in [1.807, 2.05) is 13.0 Å². The molecule has 3 nitrogen and oxygen atoms in total. The molecule has 0 fully saturated rings. The van der Waals surface area contributed by atoms with Crippen molar-refractivity contribution in [2.75, 3.05) is 0 Å². The normalized spacial score (nSPS) is 10.1. The van der Waals surface area contributed by atoms with Gasteiger partial charge in [-0.2, -0.15) is 5.26 Å². The van der Waals surface area contributed by atoms with Crippen molar-refractivity contribution in [2.45, 2.75) is 20.8 Å². The van der Waals surface area contributed by atoms with Gasteiger partial charge in [0.15, 0.2) is 5.69 Å². The highest BCUT2D eigenvalue weighted by Gasteiger charge is 2.10. The maximum atomic E-state index is 8.98. The summed E-state index contributed by atoms with van der Waals surface area (Å²) in [5.41, 5.74) is 4.75. The number of H-pyrrole nitrogens is 1.